The van der Waals surface area contributed by atoms with Gasteiger partial charge in [-0.05, 0) is 26.2 Å². The normalized spacial score (nSPS) is 26.4. The van der Waals surface area contributed by atoms with E-state index in [0.717, 1.165) is 23.9 Å². The molecule has 1 saturated heterocycles. The van der Waals surface area contributed by atoms with Crippen LogP contribution in [0.4, 0.5) is 0 Å². The number of carbonyl (C=O) groups is 1. The zero-order valence-electron chi connectivity index (χ0n) is 12.4. The zero-order chi connectivity index (χ0) is 14.9. The highest BCUT2D eigenvalue weighted by atomic mass is 32.2. The van der Waals surface area contributed by atoms with Gasteiger partial charge in [0.1, 0.15) is 0 Å². The number of carboxylic acid groups (broad SMARTS) is 1. The van der Waals surface area contributed by atoms with E-state index in [1.165, 1.54) is 11.8 Å². The number of hydrogen-bond donors (Lipinski definition) is 1. The molecule has 1 aromatic heterocycles. The zero-order valence-corrected chi connectivity index (χ0v) is 13.2. The molecule has 0 aliphatic carbocycles. The molecule has 6 heteroatoms. The Morgan fingerprint density at radius 2 is 2.40 bits per heavy atom. The van der Waals surface area contributed by atoms with Gasteiger partial charge in [-0.25, -0.2) is 4.98 Å². The second-order valence-electron chi connectivity index (χ2n) is 5.76. The average molecular weight is 298 g/mol. The standard InChI is InChI=1S/C14H22N2O3S/c1-9(2)11-7-15-13(20-8-12(17)18)16(11)14(4)5-6-19-10(14)3/h7,9-10H,5-6,8H2,1-4H3,(H,17,18). The molecule has 2 rings (SSSR count). The highest BCUT2D eigenvalue weighted by molar-refractivity contribution is 7.99. The minimum Gasteiger partial charge on any atom is -0.481 e. The summed E-state index contributed by atoms with van der Waals surface area (Å²) in [6.07, 6.45) is 2.88. The summed E-state index contributed by atoms with van der Waals surface area (Å²) in [5.74, 6) is -0.456. The molecule has 2 heterocycles. The van der Waals surface area contributed by atoms with Gasteiger partial charge in [0, 0.05) is 18.5 Å². The molecule has 2 unspecified atom stereocenters. The summed E-state index contributed by atoms with van der Waals surface area (Å²) in [6.45, 7) is 9.23. The minimum absolute atomic E-state index is 0.0276. The Morgan fingerprint density at radius 3 is 2.90 bits per heavy atom. The van der Waals surface area contributed by atoms with E-state index in [9.17, 15) is 4.79 Å². The molecule has 1 aliphatic heterocycles. The summed E-state index contributed by atoms with van der Waals surface area (Å²) in [7, 11) is 0. The van der Waals surface area contributed by atoms with E-state index in [1.54, 1.807) is 0 Å². The summed E-state index contributed by atoms with van der Waals surface area (Å²) in [5.41, 5.74) is 0.981. The predicted molar refractivity (Wildman–Crippen MR) is 78.4 cm³/mol. The molecule has 0 amide bonds. The Labute approximate surface area is 123 Å². The Kier molecular flexibility index (Phi) is 4.44. The molecule has 112 valence electrons. The van der Waals surface area contributed by atoms with E-state index < -0.39 is 5.97 Å². The second-order valence-corrected chi connectivity index (χ2v) is 6.70. The van der Waals surface area contributed by atoms with Gasteiger partial charge in [-0.3, -0.25) is 4.79 Å². The first-order chi connectivity index (χ1) is 9.36. The topological polar surface area (TPSA) is 64.3 Å². The van der Waals surface area contributed by atoms with Crippen LogP contribution < -0.4 is 0 Å². The number of carboxylic acids is 1. The molecule has 0 saturated carbocycles. The van der Waals surface area contributed by atoms with Crippen molar-refractivity contribution in [3.63, 3.8) is 0 Å². The maximum absolute atomic E-state index is 10.8. The van der Waals surface area contributed by atoms with Gasteiger partial charge in [0.25, 0.3) is 0 Å². The van der Waals surface area contributed by atoms with Crippen molar-refractivity contribution in [3.05, 3.63) is 11.9 Å². The van der Waals surface area contributed by atoms with E-state index in [0.29, 0.717) is 5.92 Å². The maximum atomic E-state index is 10.8. The average Bonchev–Trinajstić information content (AvgIpc) is 2.92. The molecule has 1 aromatic rings. The monoisotopic (exact) mass is 298 g/mol. The van der Waals surface area contributed by atoms with E-state index in [2.05, 4.69) is 37.2 Å². The van der Waals surface area contributed by atoms with Gasteiger partial charge >= 0.3 is 5.97 Å². The van der Waals surface area contributed by atoms with Crippen molar-refractivity contribution < 1.29 is 14.6 Å². The predicted octanol–water partition coefficient (Wildman–Crippen LogP) is 2.71. The van der Waals surface area contributed by atoms with Crippen molar-refractivity contribution in [2.75, 3.05) is 12.4 Å². The number of aliphatic carboxylic acids is 1. The molecule has 5 nitrogen and oxygen atoms in total. The molecule has 0 spiro atoms. The molecule has 0 aromatic carbocycles. The van der Waals surface area contributed by atoms with E-state index in [4.69, 9.17) is 9.84 Å². The van der Waals surface area contributed by atoms with Crippen LogP contribution in [0, 0.1) is 0 Å². The van der Waals surface area contributed by atoms with Crippen LogP contribution >= 0.6 is 11.8 Å². The summed E-state index contributed by atoms with van der Waals surface area (Å²) >= 11 is 1.28. The van der Waals surface area contributed by atoms with Gasteiger partial charge in [-0.15, -0.1) is 0 Å². The van der Waals surface area contributed by atoms with Gasteiger partial charge in [0.2, 0.25) is 0 Å². The SMILES string of the molecule is CC(C)c1cnc(SCC(=O)O)n1C1(C)CCOC1C. The molecular formula is C14H22N2O3S. The lowest BCUT2D eigenvalue weighted by Gasteiger charge is -2.33. The number of nitrogens with zero attached hydrogens (tertiary/aromatic N) is 2. The van der Waals surface area contributed by atoms with Gasteiger partial charge in [0.05, 0.1) is 17.4 Å². The molecule has 1 N–H and O–H groups in total. The number of thioether (sulfide) groups is 1. The van der Waals surface area contributed by atoms with Gasteiger partial charge in [-0.2, -0.15) is 0 Å². The highest BCUT2D eigenvalue weighted by Crippen LogP contribution is 2.39. The van der Waals surface area contributed by atoms with Gasteiger partial charge < -0.3 is 14.4 Å². The third kappa shape index (κ3) is 2.72. The Morgan fingerprint density at radius 1 is 1.70 bits per heavy atom. The van der Waals surface area contributed by atoms with E-state index >= 15 is 0 Å². The first kappa shape index (κ1) is 15.4. The molecule has 1 fully saturated rings. The molecule has 0 bridgehead atoms. The van der Waals surface area contributed by atoms with Crippen molar-refractivity contribution in [1.82, 2.24) is 9.55 Å². The van der Waals surface area contributed by atoms with Crippen molar-refractivity contribution in [3.8, 4) is 0 Å². The fraction of sp³-hybridized carbons (Fsp3) is 0.714. The quantitative estimate of drug-likeness (QED) is 0.847. The first-order valence-corrected chi connectivity index (χ1v) is 7.89. The molecule has 1 aliphatic rings. The van der Waals surface area contributed by atoms with Crippen LogP contribution in [0.5, 0.6) is 0 Å². The largest absolute Gasteiger partial charge is 0.481 e. The fourth-order valence-electron chi connectivity index (χ4n) is 2.61. The Bertz CT molecular complexity index is 501. The van der Waals surface area contributed by atoms with Crippen molar-refractivity contribution >= 4 is 17.7 Å². The van der Waals surface area contributed by atoms with Crippen molar-refractivity contribution in [2.45, 2.75) is 56.8 Å². The number of rotatable bonds is 5. The summed E-state index contributed by atoms with van der Waals surface area (Å²) in [4.78, 5) is 15.2. The van der Waals surface area contributed by atoms with Crippen LogP contribution in [0.15, 0.2) is 11.4 Å². The lowest BCUT2D eigenvalue weighted by molar-refractivity contribution is -0.133. The fourth-order valence-corrected chi connectivity index (χ4v) is 3.44. The molecule has 2 atom stereocenters. The van der Waals surface area contributed by atoms with Crippen LogP contribution in [0.1, 0.15) is 45.7 Å². The van der Waals surface area contributed by atoms with Crippen molar-refractivity contribution in [1.29, 1.82) is 0 Å². The van der Waals surface area contributed by atoms with Crippen LogP contribution in [-0.2, 0) is 15.1 Å². The van der Waals surface area contributed by atoms with Gasteiger partial charge in [0.15, 0.2) is 5.16 Å². The number of aromatic nitrogens is 2. The third-order valence-corrected chi connectivity index (χ3v) is 4.97. The third-order valence-electron chi connectivity index (χ3n) is 4.04. The van der Waals surface area contributed by atoms with Crippen LogP contribution in [0.25, 0.3) is 0 Å². The minimum atomic E-state index is -0.823. The smallest absolute Gasteiger partial charge is 0.313 e. The maximum Gasteiger partial charge on any atom is 0.313 e. The first-order valence-electron chi connectivity index (χ1n) is 6.90. The lowest BCUT2D eigenvalue weighted by Crippen LogP contribution is -2.38. The van der Waals surface area contributed by atoms with Crippen LogP contribution in [0.2, 0.25) is 0 Å². The number of ether oxygens (including phenoxy) is 1. The number of hydrogen-bond acceptors (Lipinski definition) is 4. The van der Waals surface area contributed by atoms with Crippen molar-refractivity contribution in [2.24, 2.45) is 0 Å². The van der Waals surface area contributed by atoms with Gasteiger partial charge in [-0.1, -0.05) is 25.6 Å². The molecular weight excluding hydrogens is 276 g/mol. The summed E-state index contributed by atoms with van der Waals surface area (Å²) < 4.78 is 7.93. The molecule has 0 radical (unpaired) electrons. The second kappa shape index (κ2) is 5.77. The lowest BCUT2D eigenvalue weighted by atomic mass is 9.93. The summed E-state index contributed by atoms with van der Waals surface area (Å²) in [5, 5.41) is 9.65. The Balaban J connectivity index is 2.41. The van der Waals surface area contributed by atoms with Crippen LogP contribution in [-0.4, -0.2) is 39.1 Å². The Hall–Kier alpha value is -1.01. The number of imidazole rings is 1. The van der Waals surface area contributed by atoms with E-state index in [1.807, 2.05) is 6.20 Å². The highest BCUT2D eigenvalue weighted by Gasteiger charge is 2.41. The summed E-state index contributed by atoms with van der Waals surface area (Å²) in [6, 6.07) is 0. The van der Waals surface area contributed by atoms with Crippen LogP contribution in [0.3, 0.4) is 0 Å². The van der Waals surface area contributed by atoms with E-state index in [-0.39, 0.29) is 17.4 Å². The molecule has 20 heavy (non-hydrogen) atoms.